The van der Waals surface area contributed by atoms with Gasteiger partial charge in [0.1, 0.15) is 11.8 Å². The van der Waals surface area contributed by atoms with Gasteiger partial charge in [-0.15, -0.1) is 0 Å². The molecule has 0 saturated heterocycles. The summed E-state index contributed by atoms with van der Waals surface area (Å²) in [4.78, 5) is 21.4. The Morgan fingerprint density at radius 3 is 2.79 bits per heavy atom. The van der Waals surface area contributed by atoms with E-state index in [1.807, 2.05) is 52.0 Å². The van der Waals surface area contributed by atoms with Crippen molar-refractivity contribution in [1.82, 2.24) is 24.4 Å². The highest BCUT2D eigenvalue weighted by Gasteiger charge is 2.25. The van der Waals surface area contributed by atoms with E-state index in [1.54, 1.807) is 6.08 Å². The van der Waals surface area contributed by atoms with Gasteiger partial charge in [-0.2, -0.15) is 5.10 Å². The van der Waals surface area contributed by atoms with Crippen molar-refractivity contribution in [2.24, 2.45) is 0 Å². The van der Waals surface area contributed by atoms with Gasteiger partial charge < -0.3 is 20.2 Å². The molecule has 0 aliphatic carbocycles. The maximum Gasteiger partial charge on any atom is 0.246 e. The van der Waals surface area contributed by atoms with Crippen molar-refractivity contribution >= 4 is 17.2 Å². The quantitative estimate of drug-likeness (QED) is 0.490. The summed E-state index contributed by atoms with van der Waals surface area (Å²) >= 11 is 0. The van der Waals surface area contributed by atoms with Gasteiger partial charge in [-0.25, -0.2) is 9.50 Å². The molecule has 2 N–H and O–H groups in total. The SMILES string of the molecule is CCN(CC)C/C=C/C(=O)N1CCc2c(cn3ncnc(N[C@H](CO)c4ccccc4)c23)C1. The molecule has 8 heteroatoms. The molecule has 0 spiro atoms. The largest absolute Gasteiger partial charge is 0.394 e. The number of aliphatic hydroxyl groups excluding tert-OH is 1. The van der Waals surface area contributed by atoms with Gasteiger partial charge in [-0.05, 0) is 36.2 Å². The summed E-state index contributed by atoms with van der Waals surface area (Å²) in [6, 6.07) is 9.56. The minimum absolute atomic E-state index is 0.0388. The first-order valence-corrected chi connectivity index (χ1v) is 11.6. The molecule has 3 aromatic rings. The fourth-order valence-corrected chi connectivity index (χ4v) is 4.34. The first kappa shape index (κ1) is 22.9. The number of hydrogen-bond acceptors (Lipinski definition) is 6. The van der Waals surface area contributed by atoms with Gasteiger partial charge in [0.2, 0.25) is 5.91 Å². The van der Waals surface area contributed by atoms with Gasteiger partial charge in [-0.3, -0.25) is 4.79 Å². The van der Waals surface area contributed by atoms with E-state index in [-0.39, 0.29) is 18.6 Å². The minimum atomic E-state index is -0.270. The highest BCUT2D eigenvalue weighted by Crippen LogP contribution is 2.30. The van der Waals surface area contributed by atoms with E-state index in [9.17, 15) is 9.90 Å². The fourth-order valence-electron chi connectivity index (χ4n) is 4.34. The van der Waals surface area contributed by atoms with Crippen molar-refractivity contribution in [1.29, 1.82) is 0 Å². The number of carbonyl (C=O) groups is 1. The first-order chi connectivity index (χ1) is 16.1. The van der Waals surface area contributed by atoms with Crippen molar-refractivity contribution in [3.63, 3.8) is 0 Å². The van der Waals surface area contributed by atoms with E-state index in [1.165, 1.54) is 6.33 Å². The van der Waals surface area contributed by atoms with Crippen molar-refractivity contribution in [2.45, 2.75) is 32.9 Å². The molecule has 1 aliphatic rings. The molecule has 3 heterocycles. The van der Waals surface area contributed by atoms with Crippen LogP contribution in [0, 0.1) is 0 Å². The van der Waals surface area contributed by atoms with Crippen LogP contribution in [-0.2, 0) is 17.8 Å². The summed E-state index contributed by atoms with van der Waals surface area (Å²) in [5.41, 5.74) is 4.13. The number of likely N-dealkylation sites (N-methyl/N-ethyl adjacent to an activating group) is 1. The fraction of sp³-hybridized carbons (Fsp3) is 0.400. The zero-order valence-corrected chi connectivity index (χ0v) is 19.3. The molecule has 8 nitrogen and oxygen atoms in total. The molecular formula is C25H32N6O2. The van der Waals surface area contributed by atoms with Gasteiger partial charge in [0.15, 0.2) is 5.82 Å². The van der Waals surface area contributed by atoms with Crippen LogP contribution in [0.15, 0.2) is 55.0 Å². The topological polar surface area (TPSA) is 86.0 Å². The van der Waals surface area contributed by atoms with E-state index >= 15 is 0 Å². The Kier molecular flexibility index (Phi) is 7.36. The monoisotopic (exact) mass is 448 g/mol. The van der Waals surface area contributed by atoms with Gasteiger partial charge in [0.25, 0.3) is 0 Å². The van der Waals surface area contributed by atoms with Crippen LogP contribution in [0.4, 0.5) is 5.82 Å². The van der Waals surface area contributed by atoms with Crippen LogP contribution in [-0.4, -0.2) is 68.2 Å². The van der Waals surface area contributed by atoms with Crippen molar-refractivity contribution in [3.8, 4) is 0 Å². The Morgan fingerprint density at radius 2 is 2.06 bits per heavy atom. The lowest BCUT2D eigenvalue weighted by Gasteiger charge is -2.26. The van der Waals surface area contributed by atoms with Crippen molar-refractivity contribution in [2.75, 3.05) is 38.1 Å². The average molecular weight is 449 g/mol. The van der Waals surface area contributed by atoms with Crippen molar-refractivity contribution < 1.29 is 9.90 Å². The third-order valence-corrected chi connectivity index (χ3v) is 6.29. The average Bonchev–Trinajstić information content (AvgIpc) is 3.24. The Balaban J connectivity index is 1.52. The van der Waals surface area contributed by atoms with Crippen LogP contribution in [0.5, 0.6) is 0 Å². The van der Waals surface area contributed by atoms with Gasteiger partial charge in [0.05, 0.1) is 12.6 Å². The normalized spacial score (nSPS) is 14.7. The number of hydrogen-bond donors (Lipinski definition) is 2. The Morgan fingerprint density at radius 1 is 1.27 bits per heavy atom. The van der Waals surface area contributed by atoms with E-state index in [0.717, 1.165) is 48.3 Å². The number of anilines is 1. The zero-order chi connectivity index (χ0) is 23.2. The number of carbonyl (C=O) groups excluding carboxylic acids is 1. The molecule has 0 bridgehead atoms. The molecule has 174 valence electrons. The number of benzene rings is 1. The van der Waals surface area contributed by atoms with E-state index in [0.29, 0.717) is 18.9 Å². The number of fused-ring (bicyclic) bond motifs is 3. The molecule has 1 aliphatic heterocycles. The first-order valence-electron chi connectivity index (χ1n) is 11.6. The maximum absolute atomic E-state index is 12.7. The minimum Gasteiger partial charge on any atom is -0.394 e. The predicted octanol–water partition coefficient (Wildman–Crippen LogP) is 2.66. The van der Waals surface area contributed by atoms with Crippen LogP contribution in [0.25, 0.3) is 5.52 Å². The Bertz CT molecular complexity index is 1110. The molecule has 0 saturated carbocycles. The molecule has 0 fully saturated rings. The van der Waals surface area contributed by atoms with E-state index in [2.05, 4.69) is 34.1 Å². The van der Waals surface area contributed by atoms with Gasteiger partial charge in [-0.1, -0.05) is 50.3 Å². The second-order valence-electron chi connectivity index (χ2n) is 8.22. The maximum atomic E-state index is 12.7. The highest BCUT2D eigenvalue weighted by atomic mass is 16.3. The lowest BCUT2D eigenvalue weighted by atomic mass is 10.0. The molecule has 4 rings (SSSR count). The third kappa shape index (κ3) is 5.07. The summed E-state index contributed by atoms with van der Waals surface area (Å²) in [5, 5.41) is 17.7. The molecule has 0 radical (unpaired) electrons. The van der Waals surface area contributed by atoms with E-state index < -0.39 is 0 Å². The number of nitrogens with zero attached hydrogens (tertiary/aromatic N) is 5. The van der Waals surface area contributed by atoms with Crippen LogP contribution < -0.4 is 5.32 Å². The number of aliphatic hydroxyl groups is 1. The number of aromatic nitrogens is 3. The summed E-state index contributed by atoms with van der Waals surface area (Å²) < 4.78 is 1.82. The highest BCUT2D eigenvalue weighted by molar-refractivity contribution is 5.88. The standard InChI is InChI=1S/C25H32N6O2/c1-3-29(4-2)13-8-11-23(33)30-14-12-21-20(15-30)16-31-24(21)25(26-18-27-31)28-22(17-32)19-9-6-5-7-10-19/h5-11,16,18,22,32H,3-4,12-15,17H2,1-2H3,(H,26,27,28)/b11-8+/t22-/m1/s1. The van der Waals surface area contributed by atoms with Crippen LogP contribution >= 0.6 is 0 Å². The molecular weight excluding hydrogens is 416 g/mol. The molecule has 1 atom stereocenters. The van der Waals surface area contributed by atoms with Crippen LogP contribution in [0.3, 0.4) is 0 Å². The second-order valence-corrected chi connectivity index (χ2v) is 8.22. The Hall–Kier alpha value is -3.23. The van der Waals surface area contributed by atoms with Crippen LogP contribution in [0.2, 0.25) is 0 Å². The molecule has 1 amide bonds. The van der Waals surface area contributed by atoms with Crippen molar-refractivity contribution in [3.05, 3.63) is 71.7 Å². The molecule has 0 unspecified atom stereocenters. The lowest BCUT2D eigenvalue weighted by molar-refractivity contribution is -0.126. The smallest absolute Gasteiger partial charge is 0.246 e. The van der Waals surface area contributed by atoms with Crippen LogP contribution in [0.1, 0.15) is 36.6 Å². The summed E-state index contributed by atoms with van der Waals surface area (Å²) in [5.74, 6) is 0.727. The third-order valence-electron chi connectivity index (χ3n) is 6.29. The number of nitrogens with one attached hydrogen (secondary N) is 1. The number of amides is 1. The predicted molar refractivity (Wildman–Crippen MR) is 129 cm³/mol. The molecule has 33 heavy (non-hydrogen) atoms. The summed E-state index contributed by atoms with van der Waals surface area (Å²) in [6.45, 7) is 8.12. The second kappa shape index (κ2) is 10.6. The molecule has 2 aromatic heterocycles. The Labute approximate surface area is 194 Å². The lowest BCUT2D eigenvalue weighted by Crippen LogP contribution is -2.34. The van der Waals surface area contributed by atoms with Gasteiger partial charge >= 0.3 is 0 Å². The molecule has 1 aromatic carbocycles. The van der Waals surface area contributed by atoms with E-state index in [4.69, 9.17) is 0 Å². The zero-order valence-electron chi connectivity index (χ0n) is 19.3. The summed E-state index contributed by atoms with van der Waals surface area (Å²) in [6.07, 6.45) is 7.87. The van der Waals surface area contributed by atoms with Gasteiger partial charge in [0, 0.05) is 31.9 Å². The number of rotatable bonds is 9. The summed E-state index contributed by atoms with van der Waals surface area (Å²) in [7, 11) is 0.